The first kappa shape index (κ1) is 28.6. The fourth-order valence-corrected chi connectivity index (χ4v) is 7.37. The van der Waals surface area contributed by atoms with Gasteiger partial charge < -0.3 is 8.97 Å². The van der Waals surface area contributed by atoms with Crippen molar-refractivity contribution >= 4 is 70.7 Å². The summed E-state index contributed by atoms with van der Waals surface area (Å²) in [4.78, 5) is 0. The van der Waals surface area contributed by atoms with Gasteiger partial charge in [0.25, 0.3) is 0 Å². The van der Waals surface area contributed by atoms with Gasteiger partial charge >= 0.3 is 6.18 Å². The smallest absolute Gasteiger partial charge is 0.309 e. The van der Waals surface area contributed by atoms with Gasteiger partial charge in [-0.05, 0) is 66.8 Å². The zero-order valence-electron chi connectivity index (χ0n) is 25.2. The van der Waals surface area contributed by atoms with Crippen molar-refractivity contribution in [2.45, 2.75) is 20.0 Å². The van der Waals surface area contributed by atoms with Crippen molar-refractivity contribution < 1.29 is 30.7 Å². The molecule has 6 aromatic carbocycles. The Hall–Kier alpha value is -5.57. The highest BCUT2D eigenvalue weighted by Gasteiger charge is 2.34. The maximum Gasteiger partial charge on any atom is 0.416 e. The third kappa shape index (κ3) is 3.69. The first-order valence-corrected chi connectivity index (χ1v) is 15.1. The first-order chi connectivity index (χ1) is 22.9. The molecule has 0 N–H and O–H groups in total. The van der Waals surface area contributed by atoms with Gasteiger partial charge in [0, 0.05) is 26.9 Å². The number of rotatable bonds is 1. The second-order valence-electron chi connectivity index (χ2n) is 12.4. The molecule has 0 atom stereocenters. The maximum absolute atomic E-state index is 16.9. The van der Waals surface area contributed by atoms with Crippen LogP contribution in [0.3, 0.4) is 0 Å². The molecule has 3 aromatic heterocycles. The van der Waals surface area contributed by atoms with Crippen molar-refractivity contribution in [2.24, 2.45) is 0 Å². The van der Waals surface area contributed by atoms with Crippen LogP contribution in [0.1, 0.15) is 16.7 Å². The Morgan fingerprint density at radius 3 is 1.77 bits per heavy atom. The summed E-state index contributed by atoms with van der Waals surface area (Å²) >= 11 is 0. The quantitative estimate of drug-likeness (QED) is 0.0950. The number of hydrogen-bond acceptors (Lipinski definition) is 0. The van der Waals surface area contributed by atoms with E-state index in [2.05, 4.69) is 0 Å². The van der Waals surface area contributed by atoms with Crippen LogP contribution in [0.2, 0.25) is 0 Å². The van der Waals surface area contributed by atoms with E-state index < -0.39 is 45.8 Å². The molecule has 9 heteroatoms. The second-order valence-corrected chi connectivity index (χ2v) is 12.4. The lowest BCUT2D eigenvalue weighted by Gasteiger charge is -2.17. The van der Waals surface area contributed by atoms with E-state index in [0.717, 1.165) is 23.3 Å². The van der Waals surface area contributed by atoms with Crippen LogP contribution in [-0.4, -0.2) is 8.97 Å². The normalized spacial score (nSPS) is 12.7. The van der Waals surface area contributed by atoms with Gasteiger partial charge in [0.1, 0.15) is 5.82 Å². The zero-order chi connectivity index (χ0) is 33.4. The van der Waals surface area contributed by atoms with Gasteiger partial charge in [0.15, 0.2) is 17.5 Å². The highest BCUT2D eigenvalue weighted by Crippen LogP contribution is 2.44. The van der Waals surface area contributed by atoms with Crippen LogP contribution in [0.4, 0.5) is 30.7 Å². The molecule has 3 heterocycles. The highest BCUT2D eigenvalue weighted by atomic mass is 19.4. The molecule has 9 aromatic rings. The standard InChI is InChI=1S/C39H21F7N2/c1-18-7-10-23-22-5-3-4-6-26(22)47(27(23)13-18)30-16-21(39(44,45)46)17-31-33(30)34-35(40)32(36(41)38(43)37(34)42)20-9-12-25-24-11-8-19(2)14-28(24)48(31)29(25)15-20/h3-17H,1-2H3. The third-order valence-electron chi connectivity index (χ3n) is 9.46. The SMILES string of the molecule is Cc1ccc2c3ccccc3n(-c3cc(C(F)(F)F)cc4c3c3c(F)c(F)c(F)c(c3F)c3ccc5c6ccc(C)cc6n4c5c3)c2c1. The van der Waals surface area contributed by atoms with Gasteiger partial charge in [0.05, 0.1) is 49.6 Å². The predicted octanol–water partition coefficient (Wildman–Crippen LogP) is 11.8. The Balaban J connectivity index is 1.72. The van der Waals surface area contributed by atoms with Crippen molar-refractivity contribution in [1.29, 1.82) is 0 Å². The fourth-order valence-electron chi connectivity index (χ4n) is 7.37. The third-order valence-corrected chi connectivity index (χ3v) is 9.46. The van der Waals surface area contributed by atoms with Crippen LogP contribution >= 0.6 is 0 Å². The topological polar surface area (TPSA) is 9.34 Å². The Morgan fingerprint density at radius 2 is 1.06 bits per heavy atom. The minimum absolute atomic E-state index is 0.0867. The highest BCUT2D eigenvalue weighted by molar-refractivity contribution is 6.17. The summed E-state index contributed by atoms with van der Waals surface area (Å²) in [5.74, 6) is -6.91. The molecule has 4 bridgehead atoms. The van der Waals surface area contributed by atoms with E-state index in [1.807, 2.05) is 38.1 Å². The number of nitrogens with zero attached hydrogens (tertiary/aromatic N) is 2. The molecule has 48 heavy (non-hydrogen) atoms. The molecule has 0 amide bonds. The van der Waals surface area contributed by atoms with Gasteiger partial charge in [-0.2, -0.15) is 13.2 Å². The number of halogens is 7. The minimum Gasteiger partial charge on any atom is -0.309 e. The van der Waals surface area contributed by atoms with E-state index in [1.54, 1.807) is 42.5 Å². The van der Waals surface area contributed by atoms with E-state index >= 15 is 17.6 Å². The average Bonchev–Trinajstić information content (AvgIpc) is 3.54. The first-order valence-electron chi connectivity index (χ1n) is 15.1. The molecular formula is C39H21F7N2. The summed E-state index contributed by atoms with van der Waals surface area (Å²) in [6, 6.07) is 24.0. The molecule has 0 aliphatic rings. The van der Waals surface area contributed by atoms with Crippen LogP contribution in [0.5, 0.6) is 0 Å². The van der Waals surface area contributed by atoms with E-state index in [9.17, 15) is 13.2 Å². The number of hydrogen-bond donors (Lipinski definition) is 0. The summed E-state index contributed by atoms with van der Waals surface area (Å²) in [5.41, 5.74) is 1.71. The summed E-state index contributed by atoms with van der Waals surface area (Å²) in [7, 11) is 0. The van der Waals surface area contributed by atoms with Gasteiger partial charge in [0.2, 0.25) is 0 Å². The molecule has 236 valence electrons. The lowest BCUT2D eigenvalue weighted by molar-refractivity contribution is -0.137. The summed E-state index contributed by atoms with van der Waals surface area (Å²) in [6.45, 7) is 3.64. The second kappa shape index (κ2) is 9.50. The monoisotopic (exact) mass is 650 g/mol. The van der Waals surface area contributed by atoms with Crippen molar-refractivity contribution in [2.75, 3.05) is 0 Å². The largest absolute Gasteiger partial charge is 0.416 e. The molecule has 9 rings (SSSR count). The van der Waals surface area contributed by atoms with E-state index in [4.69, 9.17) is 0 Å². The number of aromatic nitrogens is 2. The molecule has 0 saturated carbocycles. The van der Waals surface area contributed by atoms with Crippen LogP contribution in [-0.2, 0) is 6.18 Å². The Labute approximate surface area is 266 Å². The predicted molar refractivity (Wildman–Crippen MR) is 176 cm³/mol. The van der Waals surface area contributed by atoms with Gasteiger partial charge in [-0.3, -0.25) is 0 Å². The Kier molecular flexibility index (Phi) is 5.67. The number of fused-ring (bicyclic) bond motifs is 13. The summed E-state index contributed by atoms with van der Waals surface area (Å²) in [5, 5.41) is 0.403. The van der Waals surface area contributed by atoms with Crippen LogP contribution in [0, 0.1) is 37.1 Å². The summed E-state index contributed by atoms with van der Waals surface area (Å²) in [6.07, 6.45) is -4.90. The van der Waals surface area contributed by atoms with E-state index in [1.165, 1.54) is 21.1 Å². The van der Waals surface area contributed by atoms with Gasteiger partial charge in [-0.1, -0.05) is 54.6 Å². The van der Waals surface area contributed by atoms with Gasteiger partial charge in [-0.15, -0.1) is 0 Å². The lowest BCUT2D eigenvalue weighted by atomic mass is 10.0. The van der Waals surface area contributed by atoms with Crippen LogP contribution < -0.4 is 0 Å². The van der Waals surface area contributed by atoms with Crippen LogP contribution in [0.15, 0.2) is 91.0 Å². The average molecular weight is 651 g/mol. The molecular weight excluding hydrogens is 629 g/mol. The number of aryl methyl sites for hydroxylation is 2. The molecule has 0 radical (unpaired) electrons. The molecule has 0 fully saturated rings. The minimum atomic E-state index is -4.90. The molecule has 0 unspecified atom stereocenters. The van der Waals surface area contributed by atoms with Crippen molar-refractivity contribution in [3.63, 3.8) is 0 Å². The lowest BCUT2D eigenvalue weighted by Crippen LogP contribution is -2.08. The van der Waals surface area contributed by atoms with E-state index in [-0.39, 0.29) is 22.0 Å². The molecule has 0 spiro atoms. The van der Waals surface area contributed by atoms with Crippen molar-refractivity contribution in [3.05, 3.63) is 131 Å². The number of para-hydroxylation sites is 1. The fraction of sp³-hybridized carbons (Fsp3) is 0.0769. The van der Waals surface area contributed by atoms with E-state index in [0.29, 0.717) is 43.6 Å². The Bertz CT molecular complexity index is 2890. The zero-order valence-corrected chi connectivity index (χ0v) is 25.2. The molecule has 0 aliphatic carbocycles. The number of benzene rings is 6. The van der Waals surface area contributed by atoms with Crippen molar-refractivity contribution in [1.82, 2.24) is 8.97 Å². The van der Waals surface area contributed by atoms with Gasteiger partial charge in [-0.25, -0.2) is 17.6 Å². The van der Waals surface area contributed by atoms with Crippen LogP contribution in [0.25, 0.3) is 76.4 Å². The Morgan fingerprint density at radius 1 is 0.479 bits per heavy atom. The molecule has 0 aliphatic heterocycles. The van der Waals surface area contributed by atoms with Crippen molar-refractivity contribution in [3.8, 4) is 5.69 Å². The molecule has 2 nitrogen and oxygen atoms in total. The summed E-state index contributed by atoms with van der Waals surface area (Å²) < 4.78 is 112. The molecule has 0 saturated heterocycles. The maximum atomic E-state index is 16.9. The number of alkyl halides is 3.